The van der Waals surface area contributed by atoms with Crippen LogP contribution in [0.1, 0.15) is 31.0 Å². The van der Waals surface area contributed by atoms with E-state index >= 15 is 0 Å². The van der Waals surface area contributed by atoms with Crippen LogP contribution in [0, 0.1) is 5.92 Å². The number of anilines is 1. The Balaban J connectivity index is 1.54. The molecule has 1 saturated heterocycles. The van der Waals surface area contributed by atoms with Gasteiger partial charge in [-0.2, -0.15) is 4.98 Å². The van der Waals surface area contributed by atoms with Crippen molar-refractivity contribution in [3.05, 3.63) is 29.0 Å². The van der Waals surface area contributed by atoms with Gasteiger partial charge in [-0.3, -0.25) is 4.79 Å². The summed E-state index contributed by atoms with van der Waals surface area (Å²) in [6.07, 6.45) is 2.56. The molecule has 26 heavy (non-hydrogen) atoms. The summed E-state index contributed by atoms with van der Waals surface area (Å²) in [5.41, 5.74) is 1.03. The highest BCUT2D eigenvalue weighted by Crippen LogP contribution is 2.39. The molecule has 1 atom stereocenters. The Hall–Kier alpha value is -2.61. The monoisotopic (exact) mass is 376 g/mol. The predicted molar refractivity (Wildman–Crippen MR) is 93.1 cm³/mol. The fourth-order valence-electron chi connectivity index (χ4n) is 3.00. The lowest BCUT2D eigenvalue weighted by Gasteiger charge is -2.18. The molecule has 136 valence electrons. The number of aliphatic carboxylic acids is 1. The van der Waals surface area contributed by atoms with Crippen molar-refractivity contribution in [3.8, 4) is 11.5 Å². The minimum Gasteiger partial charge on any atom is -0.481 e. The number of benzene rings is 1. The number of hydrogen-bond acceptors (Lipinski definition) is 5. The predicted octanol–water partition coefficient (Wildman–Crippen LogP) is 3.21. The highest BCUT2D eigenvalue weighted by Gasteiger charge is 2.32. The first-order valence-electron chi connectivity index (χ1n) is 8.43. The number of aromatic nitrogens is 2. The van der Waals surface area contributed by atoms with E-state index in [-0.39, 0.29) is 12.6 Å². The second kappa shape index (κ2) is 6.60. The van der Waals surface area contributed by atoms with Gasteiger partial charge in [0.05, 0.1) is 17.2 Å². The van der Waals surface area contributed by atoms with Crippen LogP contribution >= 0.6 is 11.6 Å². The van der Waals surface area contributed by atoms with Gasteiger partial charge in [0.2, 0.25) is 0 Å². The number of likely N-dealkylation sites (tertiary alicyclic amines) is 1. The average Bonchev–Trinajstić information content (AvgIpc) is 3.13. The van der Waals surface area contributed by atoms with Crippen LogP contribution in [0.15, 0.2) is 22.7 Å². The Bertz CT molecular complexity index is 864. The topological polar surface area (TPSA) is 109 Å². The molecule has 2 aromatic rings. The summed E-state index contributed by atoms with van der Waals surface area (Å²) in [4.78, 5) is 29.5. The Labute approximate surface area is 154 Å². The molecule has 1 aliphatic carbocycles. The number of hydrogen-bond donors (Lipinski definition) is 2. The summed E-state index contributed by atoms with van der Waals surface area (Å²) in [5.74, 6) is -0.0611. The minimum atomic E-state index is -0.887. The molecular formula is C17H17ClN4O4. The highest BCUT2D eigenvalue weighted by molar-refractivity contribution is 6.31. The van der Waals surface area contributed by atoms with Gasteiger partial charge < -0.3 is 19.8 Å². The average molecular weight is 377 g/mol. The number of urea groups is 1. The van der Waals surface area contributed by atoms with Gasteiger partial charge in [-0.15, -0.1) is 0 Å². The Morgan fingerprint density at radius 2 is 2.12 bits per heavy atom. The van der Waals surface area contributed by atoms with Crippen molar-refractivity contribution >= 4 is 29.3 Å². The fraction of sp³-hybridized carbons (Fsp3) is 0.412. The Morgan fingerprint density at radius 1 is 1.31 bits per heavy atom. The molecule has 2 heterocycles. The van der Waals surface area contributed by atoms with Gasteiger partial charge in [0.25, 0.3) is 5.89 Å². The summed E-state index contributed by atoms with van der Waals surface area (Å²) in [6, 6.07) is 4.63. The largest absolute Gasteiger partial charge is 0.481 e. The van der Waals surface area contributed by atoms with Crippen LogP contribution in [0.2, 0.25) is 5.02 Å². The highest BCUT2D eigenvalue weighted by atomic mass is 35.5. The maximum absolute atomic E-state index is 12.5. The van der Waals surface area contributed by atoms with Crippen LogP contribution in [0.5, 0.6) is 0 Å². The fourth-order valence-corrected chi connectivity index (χ4v) is 3.17. The lowest BCUT2D eigenvalue weighted by atomic mass is 10.1. The standard InChI is InChI=1S/C17H17ClN4O4/c18-11-3-4-12(15-20-14(21-26-15)9-1-2-9)13(7-11)19-17(25)22-6-5-10(8-22)16(23)24/h3-4,7,9-10H,1-2,5-6,8H2,(H,19,25)(H,23,24). The summed E-state index contributed by atoms with van der Waals surface area (Å²) in [7, 11) is 0. The second-order valence-electron chi connectivity index (χ2n) is 6.62. The molecule has 2 N–H and O–H groups in total. The third-order valence-electron chi connectivity index (χ3n) is 4.66. The molecule has 9 heteroatoms. The lowest BCUT2D eigenvalue weighted by Crippen LogP contribution is -2.33. The zero-order valence-corrected chi connectivity index (χ0v) is 14.6. The first kappa shape index (κ1) is 16.8. The number of carbonyl (C=O) groups excluding carboxylic acids is 1. The molecule has 8 nitrogen and oxygen atoms in total. The van der Waals surface area contributed by atoms with Gasteiger partial charge >= 0.3 is 12.0 Å². The molecule has 0 spiro atoms. The molecule has 2 amide bonds. The molecule has 0 bridgehead atoms. The van der Waals surface area contributed by atoms with Crippen molar-refractivity contribution in [2.45, 2.75) is 25.2 Å². The quantitative estimate of drug-likeness (QED) is 0.848. The van der Waals surface area contributed by atoms with Crippen molar-refractivity contribution in [1.82, 2.24) is 15.0 Å². The van der Waals surface area contributed by atoms with E-state index in [0.717, 1.165) is 12.8 Å². The maximum Gasteiger partial charge on any atom is 0.321 e. The second-order valence-corrected chi connectivity index (χ2v) is 7.06. The van der Waals surface area contributed by atoms with Crippen molar-refractivity contribution in [1.29, 1.82) is 0 Å². The van der Waals surface area contributed by atoms with Gasteiger partial charge in [0, 0.05) is 24.0 Å². The summed E-state index contributed by atoms with van der Waals surface area (Å²) in [5, 5.41) is 16.3. The van der Waals surface area contributed by atoms with E-state index in [9.17, 15) is 9.59 Å². The molecule has 1 unspecified atom stereocenters. The smallest absolute Gasteiger partial charge is 0.321 e. The zero-order chi connectivity index (χ0) is 18.3. The number of nitrogens with one attached hydrogen (secondary N) is 1. The van der Waals surface area contributed by atoms with E-state index in [1.54, 1.807) is 18.2 Å². The van der Waals surface area contributed by atoms with Crippen molar-refractivity contribution in [2.75, 3.05) is 18.4 Å². The zero-order valence-electron chi connectivity index (χ0n) is 13.8. The van der Waals surface area contributed by atoms with Gasteiger partial charge in [0.15, 0.2) is 5.82 Å². The number of amides is 2. The molecule has 2 fully saturated rings. The molecule has 1 saturated carbocycles. The first-order chi connectivity index (χ1) is 12.5. The van der Waals surface area contributed by atoms with Crippen LogP contribution in [0.4, 0.5) is 10.5 Å². The number of halogens is 1. The third-order valence-corrected chi connectivity index (χ3v) is 4.90. The van der Waals surface area contributed by atoms with Crippen LogP contribution in [0.3, 0.4) is 0 Å². The number of carboxylic acid groups (broad SMARTS) is 1. The number of rotatable bonds is 4. The molecule has 1 aliphatic heterocycles. The van der Waals surface area contributed by atoms with Crippen molar-refractivity contribution in [3.63, 3.8) is 0 Å². The molecule has 4 rings (SSSR count). The van der Waals surface area contributed by atoms with E-state index < -0.39 is 11.9 Å². The van der Waals surface area contributed by atoms with Crippen molar-refractivity contribution in [2.24, 2.45) is 5.92 Å². The minimum absolute atomic E-state index is 0.184. The maximum atomic E-state index is 12.5. The van der Waals surface area contributed by atoms with Crippen LogP contribution in [-0.2, 0) is 4.79 Å². The van der Waals surface area contributed by atoms with E-state index in [1.807, 2.05) is 0 Å². The SMILES string of the molecule is O=C(O)C1CCN(C(=O)Nc2cc(Cl)ccc2-c2nc(C3CC3)no2)C1. The van der Waals surface area contributed by atoms with Gasteiger partial charge in [-0.25, -0.2) is 4.79 Å². The van der Waals surface area contributed by atoms with Gasteiger partial charge in [-0.1, -0.05) is 16.8 Å². The van der Waals surface area contributed by atoms with Crippen LogP contribution < -0.4 is 5.32 Å². The lowest BCUT2D eigenvalue weighted by molar-refractivity contribution is -0.141. The van der Waals surface area contributed by atoms with E-state index in [2.05, 4.69) is 15.5 Å². The van der Waals surface area contributed by atoms with E-state index in [4.69, 9.17) is 21.2 Å². The normalized spacial score (nSPS) is 19.6. The van der Waals surface area contributed by atoms with Gasteiger partial charge in [-0.05, 0) is 37.5 Å². The van der Waals surface area contributed by atoms with Gasteiger partial charge in [0.1, 0.15) is 0 Å². The Kier molecular flexibility index (Phi) is 4.28. The Morgan fingerprint density at radius 3 is 2.81 bits per heavy atom. The van der Waals surface area contributed by atoms with E-state index in [0.29, 0.717) is 46.9 Å². The molecular weight excluding hydrogens is 360 g/mol. The van der Waals surface area contributed by atoms with E-state index in [1.165, 1.54) is 4.90 Å². The molecule has 1 aromatic carbocycles. The summed E-state index contributed by atoms with van der Waals surface area (Å²) in [6.45, 7) is 0.578. The van der Waals surface area contributed by atoms with Crippen LogP contribution in [0.25, 0.3) is 11.5 Å². The first-order valence-corrected chi connectivity index (χ1v) is 8.81. The number of nitrogens with zero attached hydrogens (tertiary/aromatic N) is 3. The molecule has 2 aliphatic rings. The summed E-state index contributed by atoms with van der Waals surface area (Å²) >= 11 is 6.07. The van der Waals surface area contributed by atoms with Crippen LogP contribution in [-0.4, -0.2) is 45.2 Å². The van der Waals surface area contributed by atoms with Crippen molar-refractivity contribution < 1.29 is 19.2 Å². The molecule has 0 radical (unpaired) electrons. The summed E-state index contributed by atoms with van der Waals surface area (Å²) < 4.78 is 5.34. The third kappa shape index (κ3) is 3.37. The number of carboxylic acids is 1. The number of carbonyl (C=O) groups is 2. The molecule has 1 aromatic heterocycles.